The molecule has 13 heavy (non-hydrogen) atoms. The van der Waals surface area contributed by atoms with E-state index in [0.29, 0.717) is 0 Å². The van der Waals surface area contributed by atoms with Crippen molar-refractivity contribution in [1.82, 2.24) is 15.4 Å². The molecular formula is C8H10N4S. The molecule has 3 N–H and O–H groups in total. The maximum atomic E-state index is 5.91. The molecule has 0 aliphatic carbocycles. The van der Waals surface area contributed by atoms with Gasteiger partial charge in [0.25, 0.3) is 0 Å². The molecule has 0 spiro atoms. The van der Waals surface area contributed by atoms with Crippen LogP contribution < -0.4 is 5.73 Å². The first-order valence-electron chi connectivity index (χ1n) is 3.98. The molecule has 0 aliphatic rings. The minimum Gasteiger partial charge on any atom is -0.322 e. The summed E-state index contributed by atoms with van der Waals surface area (Å²) in [5.74, 6) is 0. The SMILES string of the molecule is NC(Cc1ccsc1)c1cn[nH]n1. The summed E-state index contributed by atoms with van der Waals surface area (Å²) in [6, 6.07) is 2.01. The Morgan fingerprint density at radius 2 is 2.54 bits per heavy atom. The van der Waals surface area contributed by atoms with Crippen molar-refractivity contribution in [3.8, 4) is 0 Å². The van der Waals surface area contributed by atoms with E-state index in [1.165, 1.54) is 5.56 Å². The number of nitrogens with zero attached hydrogens (tertiary/aromatic N) is 2. The van der Waals surface area contributed by atoms with Crippen LogP contribution in [0.3, 0.4) is 0 Å². The van der Waals surface area contributed by atoms with Gasteiger partial charge in [-0.1, -0.05) is 0 Å². The Labute approximate surface area is 79.8 Å². The molecule has 4 nitrogen and oxygen atoms in total. The van der Waals surface area contributed by atoms with Crippen molar-refractivity contribution in [1.29, 1.82) is 0 Å². The second kappa shape index (κ2) is 3.68. The third-order valence-electron chi connectivity index (χ3n) is 1.85. The number of thiophene rings is 1. The molecule has 0 amide bonds. The van der Waals surface area contributed by atoms with E-state index in [2.05, 4.69) is 26.9 Å². The van der Waals surface area contributed by atoms with E-state index in [9.17, 15) is 0 Å². The number of rotatable bonds is 3. The van der Waals surface area contributed by atoms with Crippen LogP contribution in [-0.4, -0.2) is 15.4 Å². The predicted molar refractivity (Wildman–Crippen MR) is 51.3 cm³/mol. The minimum atomic E-state index is -0.0617. The summed E-state index contributed by atoms with van der Waals surface area (Å²) in [5, 5.41) is 14.4. The van der Waals surface area contributed by atoms with E-state index in [1.807, 2.05) is 5.38 Å². The van der Waals surface area contributed by atoms with E-state index in [0.717, 1.165) is 12.1 Å². The van der Waals surface area contributed by atoms with E-state index in [-0.39, 0.29) is 6.04 Å². The Morgan fingerprint density at radius 1 is 1.62 bits per heavy atom. The Kier molecular flexibility index (Phi) is 2.37. The summed E-state index contributed by atoms with van der Waals surface area (Å²) in [7, 11) is 0. The van der Waals surface area contributed by atoms with E-state index in [4.69, 9.17) is 5.73 Å². The van der Waals surface area contributed by atoms with Gasteiger partial charge in [0.05, 0.1) is 17.9 Å². The Bertz CT molecular complexity index is 340. The standard InChI is InChI=1S/C8H10N4S/c9-7(8-4-10-12-11-8)3-6-1-2-13-5-6/h1-2,4-5,7H,3,9H2,(H,10,11,12). The normalized spacial score (nSPS) is 13.0. The molecule has 0 saturated heterocycles. The van der Waals surface area contributed by atoms with Gasteiger partial charge in [0.15, 0.2) is 0 Å². The molecule has 0 radical (unpaired) electrons. The number of aromatic nitrogens is 3. The number of hydrogen-bond acceptors (Lipinski definition) is 4. The van der Waals surface area contributed by atoms with Gasteiger partial charge in [0.1, 0.15) is 0 Å². The zero-order valence-electron chi connectivity index (χ0n) is 6.97. The van der Waals surface area contributed by atoms with E-state index >= 15 is 0 Å². The fourth-order valence-corrected chi connectivity index (χ4v) is 1.84. The van der Waals surface area contributed by atoms with Crippen molar-refractivity contribution in [3.63, 3.8) is 0 Å². The van der Waals surface area contributed by atoms with Crippen LogP contribution in [0.1, 0.15) is 17.3 Å². The summed E-state index contributed by atoms with van der Waals surface area (Å²) in [4.78, 5) is 0. The van der Waals surface area contributed by atoms with E-state index in [1.54, 1.807) is 17.5 Å². The molecule has 1 atom stereocenters. The number of nitrogens with two attached hydrogens (primary N) is 1. The van der Waals surface area contributed by atoms with Crippen LogP contribution in [0.25, 0.3) is 0 Å². The van der Waals surface area contributed by atoms with Crippen molar-refractivity contribution >= 4 is 11.3 Å². The highest BCUT2D eigenvalue weighted by molar-refractivity contribution is 7.07. The van der Waals surface area contributed by atoms with Gasteiger partial charge >= 0.3 is 0 Å². The topological polar surface area (TPSA) is 67.6 Å². The quantitative estimate of drug-likeness (QED) is 0.769. The molecule has 0 aromatic carbocycles. The van der Waals surface area contributed by atoms with Crippen molar-refractivity contribution < 1.29 is 0 Å². The van der Waals surface area contributed by atoms with Gasteiger partial charge in [-0.05, 0) is 28.8 Å². The van der Waals surface area contributed by atoms with Gasteiger partial charge in [-0.25, -0.2) is 0 Å². The van der Waals surface area contributed by atoms with Crippen molar-refractivity contribution in [2.75, 3.05) is 0 Å². The number of hydrogen-bond donors (Lipinski definition) is 2. The molecule has 1 unspecified atom stereocenters. The van der Waals surface area contributed by atoms with Crippen molar-refractivity contribution in [2.24, 2.45) is 5.73 Å². The summed E-state index contributed by atoms with van der Waals surface area (Å²) in [5.41, 5.74) is 7.97. The first-order chi connectivity index (χ1) is 6.36. The Morgan fingerprint density at radius 3 is 3.15 bits per heavy atom. The molecule has 2 rings (SSSR count). The van der Waals surface area contributed by atoms with Crippen LogP contribution in [0.15, 0.2) is 23.0 Å². The van der Waals surface area contributed by atoms with Gasteiger partial charge in [-0.15, -0.1) is 0 Å². The highest BCUT2D eigenvalue weighted by Crippen LogP contribution is 2.14. The van der Waals surface area contributed by atoms with Crippen LogP contribution in [0.2, 0.25) is 0 Å². The van der Waals surface area contributed by atoms with E-state index < -0.39 is 0 Å². The highest BCUT2D eigenvalue weighted by atomic mass is 32.1. The zero-order valence-corrected chi connectivity index (χ0v) is 7.79. The summed E-state index contributed by atoms with van der Waals surface area (Å²) < 4.78 is 0. The summed E-state index contributed by atoms with van der Waals surface area (Å²) in [6.45, 7) is 0. The molecule has 2 heterocycles. The number of aromatic amines is 1. The number of nitrogens with one attached hydrogen (secondary N) is 1. The molecule has 0 aliphatic heterocycles. The maximum absolute atomic E-state index is 5.91. The molecule has 5 heteroatoms. The predicted octanol–water partition coefficient (Wildman–Crippen LogP) is 1.11. The van der Waals surface area contributed by atoms with Crippen LogP contribution in [0, 0.1) is 0 Å². The lowest BCUT2D eigenvalue weighted by Gasteiger charge is -2.05. The second-order valence-corrected chi connectivity index (χ2v) is 3.62. The molecule has 2 aromatic rings. The van der Waals surface area contributed by atoms with Crippen LogP contribution in [-0.2, 0) is 6.42 Å². The molecule has 0 bridgehead atoms. The zero-order chi connectivity index (χ0) is 9.10. The lowest BCUT2D eigenvalue weighted by Crippen LogP contribution is -2.13. The third-order valence-corrected chi connectivity index (χ3v) is 2.58. The average Bonchev–Trinajstić information content (AvgIpc) is 2.74. The lowest BCUT2D eigenvalue weighted by atomic mass is 10.1. The largest absolute Gasteiger partial charge is 0.322 e. The molecular weight excluding hydrogens is 184 g/mol. The number of H-pyrrole nitrogens is 1. The average molecular weight is 194 g/mol. The van der Waals surface area contributed by atoms with Gasteiger partial charge in [0, 0.05) is 0 Å². The van der Waals surface area contributed by atoms with Gasteiger partial charge in [-0.3, -0.25) is 0 Å². The third kappa shape index (κ3) is 1.93. The fourth-order valence-electron chi connectivity index (χ4n) is 1.16. The summed E-state index contributed by atoms with van der Waals surface area (Å²) >= 11 is 1.68. The lowest BCUT2D eigenvalue weighted by molar-refractivity contribution is 0.693. The minimum absolute atomic E-state index is 0.0617. The van der Waals surface area contributed by atoms with Crippen molar-refractivity contribution in [3.05, 3.63) is 34.3 Å². The maximum Gasteiger partial charge on any atom is 0.0995 e. The first kappa shape index (κ1) is 8.40. The second-order valence-electron chi connectivity index (χ2n) is 2.84. The smallest absolute Gasteiger partial charge is 0.0995 e. The fraction of sp³-hybridized carbons (Fsp3) is 0.250. The highest BCUT2D eigenvalue weighted by Gasteiger charge is 2.09. The first-order valence-corrected chi connectivity index (χ1v) is 4.93. The summed E-state index contributed by atoms with van der Waals surface area (Å²) in [6.07, 6.45) is 2.48. The van der Waals surface area contributed by atoms with Crippen LogP contribution in [0.4, 0.5) is 0 Å². The van der Waals surface area contributed by atoms with Gasteiger partial charge in [0.2, 0.25) is 0 Å². The Balaban J connectivity index is 2.04. The molecule has 0 fully saturated rings. The molecule has 68 valence electrons. The monoisotopic (exact) mass is 194 g/mol. The van der Waals surface area contributed by atoms with Crippen LogP contribution >= 0.6 is 11.3 Å². The molecule has 0 saturated carbocycles. The Hall–Kier alpha value is -1.20. The van der Waals surface area contributed by atoms with Crippen LogP contribution in [0.5, 0.6) is 0 Å². The van der Waals surface area contributed by atoms with Gasteiger partial charge in [-0.2, -0.15) is 26.7 Å². The van der Waals surface area contributed by atoms with Gasteiger partial charge < -0.3 is 5.73 Å². The van der Waals surface area contributed by atoms with Crippen molar-refractivity contribution in [2.45, 2.75) is 12.5 Å². The molecule has 2 aromatic heterocycles.